The van der Waals surface area contributed by atoms with Crippen molar-refractivity contribution >= 4 is 34.1 Å². The predicted molar refractivity (Wildman–Crippen MR) is 219 cm³/mol. The third-order valence-corrected chi connectivity index (χ3v) is 9.28. The van der Waals surface area contributed by atoms with Crippen LogP contribution in [0.3, 0.4) is 0 Å². The first-order valence-corrected chi connectivity index (χ1v) is 19.7. The summed E-state index contributed by atoms with van der Waals surface area (Å²) in [5.74, 6) is 1.03. The zero-order chi connectivity index (χ0) is 42.4. The lowest BCUT2D eigenvalue weighted by atomic mass is 9.95. The minimum Gasteiger partial charge on any atom is -0.494 e. The summed E-state index contributed by atoms with van der Waals surface area (Å²) in [4.78, 5) is 57.4. The van der Waals surface area contributed by atoms with Gasteiger partial charge in [-0.2, -0.15) is 9.94 Å². The molecule has 0 aromatic carbocycles. The second-order valence-electron chi connectivity index (χ2n) is 13.2. The summed E-state index contributed by atoms with van der Waals surface area (Å²) in [6.07, 6.45) is 12.5. The van der Waals surface area contributed by atoms with Crippen LogP contribution in [0.2, 0.25) is 0 Å². The number of H-pyrrole nitrogens is 1. The zero-order valence-electron chi connectivity index (χ0n) is 33.7. The quantitative estimate of drug-likeness (QED) is 0.0230. The number of hydrogen-bond acceptors (Lipinski definition) is 15. The van der Waals surface area contributed by atoms with Crippen LogP contribution in [0.15, 0.2) is 48.7 Å². The number of fused-ring (bicyclic) bond motifs is 1. The molecule has 1 aliphatic rings. The number of aromatic nitrogens is 6. The van der Waals surface area contributed by atoms with Gasteiger partial charge in [0.2, 0.25) is 5.82 Å². The van der Waals surface area contributed by atoms with Crippen molar-refractivity contribution in [1.29, 1.82) is 5.26 Å². The van der Waals surface area contributed by atoms with Crippen molar-refractivity contribution in [3.05, 3.63) is 65.8 Å². The van der Waals surface area contributed by atoms with Crippen LogP contribution in [0.25, 0.3) is 22.3 Å². The number of rotatable bonds is 26. The van der Waals surface area contributed by atoms with Gasteiger partial charge in [0.25, 0.3) is 17.6 Å². The molecule has 19 heteroatoms. The molecule has 1 fully saturated rings. The van der Waals surface area contributed by atoms with E-state index in [0.29, 0.717) is 101 Å². The van der Waals surface area contributed by atoms with E-state index in [1.165, 1.54) is 35.4 Å². The van der Waals surface area contributed by atoms with E-state index in [0.717, 1.165) is 25.2 Å². The SMILES string of the molecule is C#CCOCCOCCOCCOCCNCCNCCCNC(=O)c1ncn(-c2ncc(OC)c3c(C(=O)C(=O)N4CCC(=C(C#N)c5ccccn5)CC4)c[nH]c23)n1. The van der Waals surface area contributed by atoms with Crippen LogP contribution in [-0.4, -0.2) is 158 Å². The number of Topliss-reactive ketones (excluding diaryl/α,β-unsaturated/α-hetero) is 1. The molecule has 19 nitrogen and oxygen atoms in total. The maximum atomic E-state index is 13.7. The molecule has 4 aromatic heterocycles. The Morgan fingerprint density at radius 2 is 1.62 bits per heavy atom. The minimum absolute atomic E-state index is 0.0572. The van der Waals surface area contributed by atoms with Crippen molar-refractivity contribution in [1.82, 2.24) is 50.6 Å². The van der Waals surface area contributed by atoms with Crippen LogP contribution in [-0.2, 0) is 23.7 Å². The maximum Gasteiger partial charge on any atom is 0.295 e. The minimum atomic E-state index is -0.722. The molecule has 318 valence electrons. The maximum absolute atomic E-state index is 13.7. The van der Waals surface area contributed by atoms with E-state index in [2.05, 4.69) is 53.0 Å². The van der Waals surface area contributed by atoms with E-state index >= 15 is 0 Å². The summed E-state index contributed by atoms with van der Waals surface area (Å²) in [7, 11) is 1.44. The number of ketones is 1. The average molecular weight is 826 g/mol. The summed E-state index contributed by atoms with van der Waals surface area (Å²) in [5, 5.41) is 23.9. The molecule has 0 spiro atoms. The molecule has 0 atom stereocenters. The topological polar surface area (TPSA) is 233 Å². The van der Waals surface area contributed by atoms with E-state index < -0.39 is 17.6 Å². The van der Waals surface area contributed by atoms with E-state index in [1.807, 2.05) is 6.07 Å². The number of likely N-dealkylation sites (tertiary alicyclic amines) is 1. The highest BCUT2D eigenvalue weighted by molar-refractivity contribution is 6.45. The standard InChI is InChI=1S/C41H51N11O8/c1-3-18-57-20-22-59-24-25-60-23-21-58-19-15-44-14-13-43-10-6-12-46-40(54)38-49-29-52(50-38)39-36-35(34(56-2)28-48-39)32(27-47-36)37(53)41(55)51-16-8-30(9-17-51)31(26-42)33-7-4-5-11-45-33/h1,4-5,7,11,27-29,43-44,47H,6,8-10,12-25H2,2H3,(H,46,54). The Morgan fingerprint density at radius 3 is 2.30 bits per heavy atom. The zero-order valence-corrected chi connectivity index (χ0v) is 33.7. The number of nitriles is 1. The second-order valence-corrected chi connectivity index (χ2v) is 13.2. The molecule has 0 saturated carbocycles. The smallest absolute Gasteiger partial charge is 0.295 e. The van der Waals surface area contributed by atoms with Gasteiger partial charge in [-0.3, -0.25) is 19.4 Å². The van der Waals surface area contributed by atoms with E-state index in [1.54, 1.807) is 18.3 Å². The number of amides is 2. The lowest BCUT2D eigenvalue weighted by Crippen LogP contribution is -2.40. The molecule has 1 saturated heterocycles. The third kappa shape index (κ3) is 13.0. The molecule has 5 heterocycles. The highest BCUT2D eigenvalue weighted by Gasteiger charge is 2.30. The number of nitrogens with one attached hydrogen (secondary N) is 4. The summed E-state index contributed by atoms with van der Waals surface area (Å²) in [6, 6.07) is 7.62. The van der Waals surface area contributed by atoms with Crippen molar-refractivity contribution in [2.75, 3.05) is 106 Å². The molecule has 0 aliphatic carbocycles. The third-order valence-electron chi connectivity index (χ3n) is 9.28. The number of ether oxygens (including phenoxy) is 5. The van der Waals surface area contributed by atoms with Crippen molar-refractivity contribution < 1.29 is 38.1 Å². The fourth-order valence-electron chi connectivity index (χ4n) is 6.25. The highest BCUT2D eigenvalue weighted by atomic mass is 16.6. The van der Waals surface area contributed by atoms with Gasteiger partial charge in [-0.25, -0.2) is 9.97 Å². The molecule has 4 aromatic rings. The van der Waals surface area contributed by atoms with Crippen LogP contribution in [0, 0.1) is 23.7 Å². The predicted octanol–water partition coefficient (Wildman–Crippen LogP) is 1.33. The first-order chi connectivity index (χ1) is 29.5. The van der Waals surface area contributed by atoms with E-state index in [-0.39, 0.29) is 42.7 Å². The van der Waals surface area contributed by atoms with Gasteiger partial charge < -0.3 is 49.5 Å². The van der Waals surface area contributed by atoms with E-state index in [4.69, 9.17) is 30.1 Å². The van der Waals surface area contributed by atoms with Crippen molar-refractivity contribution in [3.63, 3.8) is 0 Å². The van der Waals surface area contributed by atoms with Crippen LogP contribution in [0.5, 0.6) is 5.75 Å². The Labute approximate surface area is 348 Å². The molecule has 1 aliphatic heterocycles. The van der Waals surface area contributed by atoms with Gasteiger partial charge in [0.05, 0.1) is 87.3 Å². The number of allylic oxidation sites excluding steroid dienone is 1. The Morgan fingerprint density at radius 1 is 0.900 bits per heavy atom. The second kappa shape index (κ2) is 24.8. The Bertz CT molecular complexity index is 2110. The van der Waals surface area contributed by atoms with Gasteiger partial charge in [-0.15, -0.1) is 11.5 Å². The van der Waals surface area contributed by atoms with Crippen molar-refractivity contribution in [3.8, 4) is 30.0 Å². The fraction of sp³-hybridized carbons (Fsp3) is 0.463. The van der Waals surface area contributed by atoms with Crippen LogP contribution < -0.4 is 20.7 Å². The summed E-state index contributed by atoms with van der Waals surface area (Å²) in [6.45, 7) is 7.74. The molecule has 0 bridgehead atoms. The van der Waals surface area contributed by atoms with Gasteiger partial charge in [0, 0.05) is 51.7 Å². The highest BCUT2D eigenvalue weighted by Crippen LogP contribution is 2.32. The monoisotopic (exact) mass is 825 g/mol. The lowest BCUT2D eigenvalue weighted by Gasteiger charge is -2.28. The van der Waals surface area contributed by atoms with Crippen molar-refractivity contribution in [2.45, 2.75) is 19.3 Å². The van der Waals surface area contributed by atoms with Crippen LogP contribution in [0.4, 0.5) is 0 Å². The number of nitrogens with zero attached hydrogens (tertiary/aromatic N) is 7. The molecule has 0 radical (unpaired) electrons. The van der Waals surface area contributed by atoms with Gasteiger partial charge in [0.15, 0.2) is 5.82 Å². The molecule has 2 amide bonds. The largest absolute Gasteiger partial charge is 0.494 e. The molecule has 4 N–H and O–H groups in total. The first kappa shape index (κ1) is 45.0. The Kier molecular flexibility index (Phi) is 18.6. The Balaban J connectivity index is 0.999. The molecular formula is C41H51N11O8. The average Bonchev–Trinajstić information content (AvgIpc) is 3.96. The number of terminal acetylenes is 1. The van der Waals surface area contributed by atoms with Crippen LogP contribution >= 0.6 is 0 Å². The normalized spacial score (nSPS) is 12.6. The van der Waals surface area contributed by atoms with Gasteiger partial charge in [-0.1, -0.05) is 12.0 Å². The number of aromatic amines is 1. The molecule has 0 unspecified atom stereocenters. The van der Waals surface area contributed by atoms with Gasteiger partial charge in [-0.05, 0) is 43.5 Å². The fourth-order valence-corrected chi connectivity index (χ4v) is 6.25. The Hall–Kier alpha value is -6.06. The summed E-state index contributed by atoms with van der Waals surface area (Å²) >= 11 is 0. The summed E-state index contributed by atoms with van der Waals surface area (Å²) < 4.78 is 28.3. The van der Waals surface area contributed by atoms with E-state index in [9.17, 15) is 19.6 Å². The number of carbonyl (C=O) groups excluding carboxylic acids is 3. The van der Waals surface area contributed by atoms with Crippen molar-refractivity contribution in [2.24, 2.45) is 0 Å². The number of carbonyl (C=O) groups is 3. The molecule has 5 rings (SSSR count). The van der Waals surface area contributed by atoms with Gasteiger partial charge >= 0.3 is 0 Å². The first-order valence-electron chi connectivity index (χ1n) is 19.7. The number of pyridine rings is 2. The number of hydrogen-bond donors (Lipinski definition) is 4. The van der Waals surface area contributed by atoms with Crippen LogP contribution in [0.1, 0.15) is 45.9 Å². The molecular weight excluding hydrogens is 775 g/mol. The lowest BCUT2D eigenvalue weighted by molar-refractivity contribution is -0.126. The molecule has 60 heavy (non-hydrogen) atoms. The number of methoxy groups -OCH3 is 1. The van der Waals surface area contributed by atoms with Gasteiger partial charge in [0.1, 0.15) is 24.8 Å². The number of piperidine rings is 1. The summed E-state index contributed by atoms with van der Waals surface area (Å²) in [5.41, 5.74) is 2.45.